The summed E-state index contributed by atoms with van der Waals surface area (Å²) < 4.78 is 6.85. The van der Waals surface area contributed by atoms with Gasteiger partial charge < -0.3 is 15.6 Å². The van der Waals surface area contributed by atoms with Crippen molar-refractivity contribution in [3.05, 3.63) is 54.4 Å². The zero-order chi connectivity index (χ0) is 17.2. The first kappa shape index (κ1) is 15.5. The maximum atomic E-state index is 6.18. The summed E-state index contributed by atoms with van der Waals surface area (Å²) in [6.07, 6.45) is 0. The quantitative estimate of drug-likeness (QED) is 0.424. The molecule has 0 aliphatic rings. The first-order chi connectivity index (χ1) is 12.3. The second-order valence-corrected chi connectivity index (χ2v) is 6.31. The van der Waals surface area contributed by atoms with E-state index in [2.05, 4.69) is 20.2 Å². The minimum absolute atomic E-state index is 0.560. The maximum Gasteiger partial charge on any atom is 0.210 e. The fourth-order valence-electron chi connectivity index (χ4n) is 2.60. The van der Waals surface area contributed by atoms with Crippen molar-refractivity contribution in [3.8, 4) is 17.1 Å². The summed E-state index contributed by atoms with van der Waals surface area (Å²) in [7, 11) is 1.62. The second-order valence-electron chi connectivity index (χ2n) is 5.37. The van der Waals surface area contributed by atoms with Gasteiger partial charge in [-0.05, 0) is 24.3 Å². The molecule has 2 aromatic heterocycles. The Bertz CT molecular complexity index is 992. The minimum Gasteiger partial charge on any atom is -0.496 e. The average Bonchev–Trinajstić information content (AvgIpc) is 3.23. The molecule has 0 spiro atoms. The molecule has 2 aromatic carbocycles. The molecule has 0 unspecified atom stereocenters. The molecular weight excluding hydrogens is 336 g/mol. The highest BCUT2D eigenvalue weighted by Gasteiger charge is 2.16. The molecule has 0 saturated carbocycles. The number of para-hydroxylation sites is 3. The molecule has 0 saturated heterocycles. The molecule has 126 valence electrons. The zero-order valence-corrected chi connectivity index (χ0v) is 14.3. The van der Waals surface area contributed by atoms with Gasteiger partial charge in [0.15, 0.2) is 5.82 Å². The van der Waals surface area contributed by atoms with Gasteiger partial charge in [0.2, 0.25) is 5.16 Å². The molecule has 8 heteroatoms. The lowest BCUT2D eigenvalue weighted by molar-refractivity contribution is 0.416. The van der Waals surface area contributed by atoms with Crippen LogP contribution in [-0.4, -0.2) is 32.0 Å². The topological polar surface area (TPSA) is 94.6 Å². The van der Waals surface area contributed by atoms with Crippen molar-refractivity contribution in [2.45, 2.75) is 10.9 Å². The van der Waals surface area contributed by atoms with Gasteiger partial charge in [0.1, 0.15) is 11.6 Å². The Morgan fingerprint density at radius 2 is 1.92 bits per heavy atom. The molecule has 25 heavy (non-hydrogen) atoms. The van der Waals surface area contributed by atoms with E-state index in [1.165, 1.54) is 16.4 Å². The van der Waals surface area contributed by atoms with Crippen molar-refractivity contribution in [2.24, 2.45) is 0 Å². The molecule has 0 aliphatic heterocycles. The molecule has 2 heterocycles. The van der Waals surface area contributed by atoms with E-state index in [1.54, 1.807) is 7.11 Å². The fourth-order valence-corrected chi connectivity index (χ4v) is 3.32. The predicted octanol–water partition coefficient (Wildman–Crippen LogP) is 2.84. The molecule has 0 bridgehead atoms. The molecule has 4 aromatic rings. The van der Waals surface area contributed by atoms with Crippen LogP contribution in [0.25, 0.3) is 22.4 Å². The van der Waals surface area contributed by atoms with Crippen LogP contribution in [0.4, 0.5) is 0 Å². The van der Waals surface area contributed by atoms with Crippen molar-refractivity contribution in [3.63, 3.8) is 0 Å². The third-order valence-electron chi connectivity index (χ3n) is 3.79. The molecule has 0 amide bonds. The molecule has 0 atom stereocenters. The summed E-state index contributed by atoms with van der Waals surface area (Å²) >= 11 is 1.47. The Labute approximate surface area is 148 Å². The molecule has 0 fully saturated rings. The van der Waals surface area contributed by atoms with Gasteiger partial charge in [-0.15, -0.1) is 10.2 Å². The van der Waals surface area contributed by atoms with Crippen molar-refractivity contribution in [1.29, 1.82) is 0 Å². The Morgan fingerprint density at radius 3 is 2.76 bits per heavy atom. The molecule has 0 aliphatic carbocycles. The highest BCUT2D eigenvalue weighted by molar-refractivity contribution is 7.98. The molecular formula is C17H16N6OS. The zero-order valence-electron chi connectivity index (χ0n) is 13.5. The Hall–Kier alpha value is -3.00. The molecule has 3 N–H and O–H groups in total. The van der Waals surface area contributed by atoms with Crippen LogP contribution in [0.15, 0.2) is 53.7 Å². The summed E-state index contributed by atoms with van der Waals surface area (Å²) in [5.41, 5.74) is 2.76. The Kier molecular flexibility index (Phi) is 4.02. The van der Waals surface area contributed by atoms with Gasteiger partial charge in [-0.3, -0.25) is 0 Å². The van der Waals surface area contributed by atoms with Crippen LogP contribution < -0.4 is 10.6 Å². The van der Waals surface area contributed by atoms with E-state index in [1.807, 2.05) is 48.5 Å². The number of nitrogens with one attached hydrogen (secondary N) is 1. The summed E-state index contributed by atoms with van der Waals surface area (Å²) in [6, 6.07) is 15.5. The number of thioether (sulfide) groups is 1. The third-order valence-corrected chi connectivity index (χ3v) is 4.74. The highest BCUT2D eigenvalue weighted by atomic mass is 32.2. The Morgan fingerprint density at radius 1 is 1.12 bits per heavy atom. The van der Waals surface area contributed by atoms with E-state index in [-0.39, 0.29) is 0 Å². The van der Waals surface area contributed by atoms with Gasteiger partial charge in [-0.2, -0.15) is 0 Å². The largest absolute Gasteiger partial charge is 0.496 e. The number of benzene rings is 2. The minimum atomic E-state index is 0.560. The number of H-pyrrole nitrogens is 1. The van der Waals surface area contributed by atoms with Crippen LogP contribution >= 0.6 is 11.8 Å². The fraction of sp³-hybridized carbons (Fsp3) is 0.118. The van der Waals surface area contributed by atoms with E-state index in [0.717, 1.165) is 22.4 Å². The number of nitrogens with zero attached hydrogens (tertiary/aromatic N) is 4. The number of aromatic nitrogens is 5. The molecule has 4 rings (SSSR count). The van der Waals surface area contributed by atoms with Gasteiger partial charge in [-0.1, -0.05) is 36.0 Å². The van der Waals surface area contributed by atoms with Gasteiger partial charge >= 0.3 is 0 Å². The van der Waals surface area contributed by atoms with Crippen molar-refractivity contribution < 1.29 is 4.74 Å². The number of hydrogen-bond donors (Lipinski definition) is 2. The average molecular weight is 352 g/mol. The van der Waals surface area contributed by atoms with E-state index in [4.69, 9.17) is 10.6 Å². The summed E-state index contributed by atoms with van der Waals surface area (Å²) in [6.45, 7) is 0. The van der Waals surface area contributed by atoms with E-state index in [0.29, 0.717) is 22.5 Å². The van der Waals surface area contributed by atoms with Crippen molar-refractivity contribution >= 4 is 22.8 Å². The monoisotopic (exact) mass is 352 g/mol. The normalized spacial score (nSPS) is 11.1. The summed E-state index contributed by atoms with van der Waals surface area (Å²) in [5.74, 6) is 8.94. The van der Waals surface area contributed by atoms with Gasteiger partial charge in [0.05, 0.1) is 29.5 Å². The lowest BCUT2D eigenvalue weighted by Crippen LogP contribution is -2.12. The van der Waals surface area contributed by atoms with E-state index in [9.17, 15) is 0 Å². The van der Waals surface area contributed by atoms with Gasteiger partial charge in [0.25, 0.3) is 0 Å². The third kappa shape index (κ3) is 2.91. The van der Waals surface area contributed by atoms with Crippen LogP contribution in [-0.2, 0) is 5.75 Å². The lowest BCUT2D eigenvalue weighted by atomic mass is 10.2. The number of aromatic amines is 1. The van der Waals surface area contributed by atoms with Crippen LogP contribution in [0.3, 0.4) is 0 Å². The molecule has 0 radical (unpaired) electrons. The van der Waals surface area contributed by atoms with Crippen molar-refractivity contribution in [1.82, 2.24) is 24.8 Å². The first-order valence-electron chi connectivity index (χ1n) is 7.66. The van der Waals surface area contributed by atoms with E-state index >= 15 is 0 Å². The van der Waals surface area contributed by atoms with Gasteiger partial charge in [0, 0.05) is 0 Å². The van der Waals surface area contributed by atoms with Crippen LogP contribution in [0, 0.1) is 0 Å². The first-order valence-corrected chi connectivity index (χ1v) is 8.65. The standard InChI is InChI=1S/C17H16N6OS/c1-24-14-9-5-2-6-11(14)16-21-22-17(23(16)18)25-10-15-19-12-7-3-4-8-13(12)20-15/h2-9H,10,18H2,1H3,(H,19,20). The number of imidazole rings is 1. The number of nitrogens with two attached hydrogens (primary N) is 1. The smallest absolute Gasteiger partial charge is 0.210 e. The van der Waals surface area contributed by atoms with E-state index < -0.39 is 0 Å². The van der Waals surface area contributed by atoms with Gasteiger partial charge in [-0.25, -0.2) is 9.66 Å². The number of ether oxygens (including phenoxy) is 1. The number of nitrogen functional groups attached to an aromatic ring is 1. The van der Waals surface area contributed by atoms with Crippen molar-refractivity contribution in [2.75, 3.05) is 13.0 Å². The summed E-state index contributed by atoms with van der Waals surface area (Å²) in [5, 5.41) is 9.01. The summed E-state index contributed by atoms with van der Waals surface area (Å²) in [4.78, 5) is 7.85. The number of hydrogen-bond acceptors (Lipinski definition) is 6. The number of rotatable bonds is 5. The lowest BCUT2D eigenvalue weighted by Gasteiger charge is -2.07. The van der Waals surface area contributed by atoms with Crippen LogP contribution in [0.5, 0.6) is 5.75 Å². The maximum absolute atomic E-state index is 6.18. The number of fused-ring (bicyclic) bond motifs is 1. The number of methoxy groups -OCH3 is 1. The Balaban J connectivity index is 1.57. The predicted molar refractivity (Wildman–Crippen MR) is 97.8 cm³/mol. The molecule has 7 nitrogen and oxygen atoms in total. The highest BCUT2D eigenvalue weighted by Crippen LogP contribution is 2.30. The SMILES string of the molecule is COc1ccccc1-c1nnc(SCc2nc3ccccc3[nH]2)n1N. The second kappa shape index (κ2) is 6.48. The van der Waals surface area contributed by atoms with Crippen LogP contribution in [0.1, 0.15) is 5.82 Å². The van der Waals surface area contributed by atoms with Crippen LogP contribution in [0.2, 0.25) is 0 Å².